The summed E-state index contributed by atoms with van der Waals surface area (Å²) in [5.41, 5.74) is 1.63. The number of hydrogen-bond donors (Lipinski definition) is 1. The second-order valence-electron chi connectivity index (χ2n) is 6.73. The van der Waals surface area contributed by atoms with Gasteiger partial charge in [0.1, 0.15) is 0 Å². The zero-order valence-electron chi connectivity index (χ0n) is 11.8. The molecule has 1 spiro atoms. The minimum absolute atomic E-state index is 0.0600. The van der Waals surface area contributed by atoms with Crippen molar-refractivity contribution in [3.05, 3.63) is 22.2 Å². The Hall–Kier alpha value is -0.740. The maximum Gasteiger partial charge on any atom is 0.175 e. The van der Waals surface area contributed by atoms with Gasteiger partial charge < -0.3 is 14.8 Å². The van der Waals surface area contributed by atoms with Crippen molar-refractivity contribution in [1.82, 2.24) is 5.32 Å². The highest BCUT2D eigenvalue weighted by molar-refractivity contribution is 9.10. The van der Waals surface area contributed by atoms with Gasteiger partial charge >= 0.3 is 0 Å². The Labute approximate surface area is 128 Å². The predicted molar refractivity (Wildman–Crippen MR) is 81.4 cm³/mol. The van der Waals surface area contributed by atoms with Crippen molar-refractivity contribution in [1.29, 1.82) is 0 Å². The van der Waals surface area contributed by atoms with E-state index >= 15 is 0 Å². The maximum atomic E-state index is 6.07. The minimum Gasteiger partial charge on any atom is -0.489 e. The normalized spacial score (nSPS) is 30.3. The molecule has 3 nitrogen and oxygen atoms in total. The number of halogens is 1. The summed E-state index contributed by atoms with van der Waals surface area (Å²) in [6.45, 7) is 4.94. The molecule has 0 bridgehead atoms. The second kappa shape index (κ2) is 4.38. The molecule has 20 heavy (non-hydrogen) atoms. The highest BCUT2D eigenvalue weighted by Crippen LogP contribution is 2.51. The molecule has 108 valence electrons. The molecular formula is C16H20BrNO2. The second-order valence-corrected chi connectivity index (χ2v) is 7.58. The summed E-state index contributed by atoms with van der Waals surface area (Å²) in [5, 5.41) is 3.61. The average molecular weight is 338 g/mol. The molecule has 4 rings (SSSR count). The SMILES string of the molecule is CC1(c2cc(Br)c3c(c2)OCC2(CC2)CO3)CCCN1. The van der Waals surface area contributed by atoms with Gasteiger partial charge in [-0.2, -0.15) is 0 Å². The van der Waals surface area contributed by atoms with Crippen molar-refractivity contribution in [2.45, 2.75) is 38.1 Å². The van der Waals surface area contributed by atoms with Gasteiger partial charge in [-0.25, -0.2) is 0 Å². The van der Waals surface area contributed by atoms with Gasteiger partial charge in [-0.05, 0) is 72.8 Å². The molecule has 1 unspecified atom stereocenters. The van der Waals surface area contributed by atoms with Crippen molar-refractivity contribution in [3.8, 4) is 11.5 Å². The summed E-state index contributed by atoms with van der Waals surface area (Å²) >= 11 is 3.66. The molecule has 3 aliphatic rings. The van der Waals surface area contributed by atoms with E-state index in [1.807, 2.05) is 0 Å². The van der Waals surface area contributed by atoms with Crippen molar-refractivity contribution in [2.75, 3.05) is 19.8 Å². The Morgan fingerprint density at radius 2 is 1.95 bits per heavy atom. The Morgan fingerprint density at radius 3 is 2.65 bits per heavy atom. The van der Waals surface area contributed by atoms with Crippen molar-refractivity contribution < 1.29 is 9.47 Å². The van der Waals surface area contributed by atoms with Crippen LogP contribution in [-0.2, 0) is 5.54 Å². The van der Waals surface area contributed by atoms with Gasteiger partial charge in [-0.3, -0.25) is 0 Å². The highest BCUT2D eigenvalue weighted by atomic mass is 79.9. The Bertz CT molecular complexity index is 548. The van der Waals surface area contributed by atoms with E-state index in [4.69, 9.17) is 9.47 Å². The highest BCUT2D eigenvalue weighted by Gasteiger charge is 2.46. The summed E-state index contributed by atoms with van der Waals surface area (Å²) in [4.78, 5) is 0. The van der Waals surface area contributed by atoms with Crippen LogP contribution >= 0.6 is 15.9 Å². The first kappa shape index (κ1) is 13.0. The fraction of sp³-hybridized carbons (Fsp3) is 0.625. The minimum atomic E-state index is 0.0600. The van der Waals surface area contributed by atoms with Crippen LogP contribution in [0.5, 0.6) is 11.5 Å². The van der Waals surface area contributed by atoms with Gasteiger partial charge in [0.15, 0.2) is 11.5 Å². The molecule has 2 fully saturated rings. The molecule has 2 aliphatic heterocycles. The van der Waals surface area contributed by atoms with Gasteiger partial charge in [-0.15, -0.1) is 0 Å². The van der Waals surface area contributed by atoms with E-state index in [0.717, 1.165) is 35.7 Å². The van der Waals surface area contributed by atoms with Gasteiger partial charge in [0.2, 0.25) is 0 Å². The fourth-order valence-electron chi connectivity index (χ4n) is 3.24. The Morgan fingerprint density at radius 1 is 1.15 bits per heavy atom. The summed E-state index contributed by atoms with van der Waals surface area (Å²) in [6.07, 6.45) is 4.85. The number of rotatable bonds is 1. The molecule has 1 aromatic carbocycles. The topological polar surface area (TPSA) is 30.5 Å². The van der Waals surface area contributed by atoms with Crippen LogP contribution < -0.4 is 14.8 Å². The molecule has 1 aromatic rings. The molecule has 2 heterocycles. The standard InChI is InChI=1S/C16H20BrNO2/c1-15(3-2-6-18-15)11-7-12(17)14-13(8-11)19-9-16(4-5-16)10-20-14/h7-8,18H,2-6,9-10H2,1H3. The van der Waals surface area contributed by atoms with Gasteiger partial charge in [0.05, 0.1) is 17.7 Å². The number of ether oxygens (including phenoxy) is 2. The van der Waals surface area contributed by atoms with Crippen LogP contribution in [0, 0.1) is 5.41 Å². The molecule has 1 saturated carbocycles. The molecule has 4 heteroatoms. The Kier molecular flexibility index (Phi) is 2.84. The van der Waals surface area contributed by atoms with Crippen molar-refractivity contribution in [3.63, 3.8) is 0 Å². The van der Waals surface area contributed by atoms with Crippen molar-refractivity contribution in [2.24, 2.45) is 5.41 Å². The van der Waals surface area contributed by atoms with Crippen LogP contribution in [0.15, 0.2) is 16.6 Å². The zero-order chi connectivity index (χ0) is 13.8. The summed E-state index contributed by atoms with van der Waals surface area (Å²) in [6, 6.07) is 4.35. The van der Waals surface area contributed by atoms with Crippen LogP contribution in [-0.4, -0.2) is 19.8 Å². The average Bonchev–Trinajstić information content (AvgIpc) is 3.12. The van der Waals surface area contributed by atoms with E-state index in [0.29, 0.717) is 0 Å². The third-order valence-electron chi connectivity index (χ3n) is 5.03. The third-order valence-corrected chi connectivity index (χ3v) is 5.62. The largest absolute Gasteiger partial charge is 0.489 e. The van der Waals surface area contributed by atoms with Gasteiger partial charge in [0, 0.05) is 11.0 Å². The summed E-state index contributed by atoms with van der Waals surface area (Å²) < 4.78 is 13.1. The molecule has 1 N–H and O–H groups in total. The number of fused-ring (bicyclic) bond motifs is 1. The first-order chi connectivity index (χ1) is 9.60. The summed E-state index contributed by atoms with van der Waals surface area (Å²) in [5.74, 6) is 1.77. The van der Waals surface area contributed by atoms with E-state index in [1.54, 1.807) is 0 Å². The van der Waals surface area contributed by atoms with Crippen LogP contribution in [0.3, 0.4) is 0 Å². The molecule has 1 atom stereocenters. The van der Waals surface area contributed by atoms with Gasteiger partial charge in [0.25, 0.3) is 0 Å². The van der Waals surface area contributed by atoms with Crippen LogP contribution in [0.4, 0.5) is 0 Å². The predicted octanol–water partition coefficient (Wildman–Crippen LogP) is 3.60. The first-order valence-electron chi connectivity index (χ1n) is 7.45. The summed E-state index contributed by atoms with van der Waals surface area (Å²) in [7, 11) is 0. The van der Waals surface area contributed by atoms with E-state index in [9.17, 15) is 0 Å². The zero-order valence-corrected chi connectivity index (χ0v) is 13.4. The first-order valence-corrected chi connectivity index (χ1v) is 8.24. The Balaban J connectivity index is 1.71. The maximum absolute atomic E-state index is 6.07. The monoisotopic (exact) mass is 337 g/mol. The molecule has 1 aliphatic carbocycles. The van der Waals surface area contributed by atoms with Crippen LogP contribution in [0.25, 0.3) is 0 Å². The van der Waals surface area contributed by atoms with Crippen LogP contribution in [0.2, 0.25) is 0 Å². The van der Waals surface area contributed by atoms with E-state index < -0.39 is 0 Å². The smallest absolute Gasteiger partial charge is 0.175 e. The lowest BCUT2D eigenvalue weighted by Gasteiger charge is -2.26. The molecule has 0 aromatic heterocycles. The lowest BCUT2D eigenvalue weighted by atomic mass is 9.90. The van der Waals surface area contributed by atoms with Crippen molar-refractivity contribution >= 4 is 15.9 Å². The number of benzene rings is 1. The third kappa shape index (κ3) is 2.04. The van der Waals surface area contributed by atoms with Crippen LogP contribution in [0.1, 0.15) is 38.2 Å². The molecule has 1 saturated heterocycles. The lowest BCUT2D eigenvalue weighted by Crippen LogP contribution is -2.33. The lowest BCUT2D eigenvalue weighted by molar-refractivity contribution is 0.196. The molecule has 0 radical (unpaired) electrons. The molecule has 0 amide bonds. The van der Waals surface area contributed by atoms with E-state index in [1.165, 1.54) is 31.2 Å². The number of nitrogens with one attached hydrogen (secondary N) is 1. The quantitative estimate of drug-likeness (QED) is 0.849. The fourth-order valence-corrected chi connectivity index (χ4v) is 3.79. The molecular weight excluding hydrogens is 318 g/mol. The van der Waals surface area contributed by atoms with E-state index in [2.05, 4.69) is 40.3 Å². The van der Waals surface area contributed by atoms with Gasteiger partial charge in [-0.1, -0.05) is 0 Å². The van der Waals surface area contributed by atoms with E-state index in [-0.39, 0.29) is 11.0 Å². The number of hydrogen-bond acceptors (Lipinski definition) is 3.